The van der Waals surface area contributed by atoms with E-state index in [-0.39, 0.29) is 6.10 Å². The summed E-state index contributed by atoms with van der Waals surface area (Å²) < 4.78 is 0. The highest BCUT2D eigenvalue weighted by Crippen LogP contribution is 2.28. The molecule has 1 aliphatic rings. The normalized spacial score (nSPS) is 20.6. The van der Waals surface area contributed by atoms with Crippen LogP contribution in [0.1, 0.15) is 44.0 Å². The Hall–Kier alpha value is -0.930. The van der Waals surface area contributed by atoms with Crippen molar-refractivity contribution in [2.24, 2.45) is 5.92 Å². The van der Waals surface area contributed by atoms with Crippen molar-refractivity contribution in [3.63, 3.8) is 0 Å². The predicted molar refractivity (Wildman–Crippen MR) is 68.8 cm³/mol. The van der Waals surface area contributed by atoms with E-state index in [0.29, 0.717) is 18.5 Å². The fraction of sp³-hybridized carbons (Fsp3) is 0.643. The van der Waals surface area contributed by atoms with Crippen LogP contribution in [0, 0.1) is 5.92 Å². The minimum Gasteiger partial charge on any atom is -0.392 e. The second-order valence-corrected chi connectivity index (χ2v) is 5.33. The first-order valence-electron chi connectivity index (χ1n) is 6.52. The third kappa shape index (κ3) is 3.27. The Kier molecular flexibility index (Phi) is 4.13. The summed E-state index contributed by atoms with van der Waals surface area (Å²) in [7, 11) is 0. The van der Waals surface area contributed by atoms with Gasteiger partial charge in [-0.05, 0) is 36.8 Å². The van der Waals surface area contributed by atoms with E-state index in [2.05, 4.69) is 30.2 Å². The number of aromatic nitrogens is 1. The van der Waals surface area contributed by atoms with Crippen molar-refractivity contribution in [2.75, 3.05) is 6.54 Å². The van der Waals surface area contributed by atoms with Gasteiger partial charge in [-0.2, -0.15) is 0 Å². The summed E-state index contributed by atoms with van der Waals surface area (Å²) in [5.41, 5.74) is 2.52. The van der Waals surface area contributed by atoms with E-state index >= 15 is 0 Å². The Labute approximate surface area is 103 Å². The Bertz CT molecular complexity index is 365. The zero-order valence-corrected chi connectivity index (χ0v) is 10.7. The highest BCUT2D eigenvalue weighted by Gasteiger charge is 2.23. The lowest BCUT2D eigenvalue weighted by molar-refractivity contribution is 0.142. The topological polar surface area (TPSA) is 45.1 Å². The van der Waals surface area contributed by atoms with Crippen molar-refractivity contribution in [2.45, 2.75) is 45.3 Å². The molecule has 0 aromatic carbocycles. The average molecular weight is 234 g/mol. The summed E-state index contributed by atoms with van der Waals surface area (Å²) in [4.78, 5) is 4.44. The maximum atomic E-state index is 9.84. The van der Waals surface area contributed by atoms with Gasteiger partial charge in [0.1, 0.15) is 0 Å². The molecule has 1 aliphatic carbocycles. The third-order valence-corrected chi connectivity index (χ3v) is 3.30. The molecule has 0 spiro atoms. The predicted octanol–water partition coefficient (Wildman–Crippen LogP) is 2.07. The molecular formula is C14H22N2O. The van der Waals surface area contributed by atoms with Gasteiger partial charge >= 0.3 is 0 Å². The Morgan fingerprint density at radius 1 is 1.53 bits per heavy atom. The lowest BCUT2D eigenvalue weighted by Gasteiger charge is -2.18. The van der Waals surface area contributed by atoms with Crippen molar-refractivity contribution in [1.82, 2.24) is 10.3 Å². The molecule has 94 valence electrons. The minimum absolute atomic E-state index is 0.247. The summed E-state index contributed by atoms with van der Waals surface area (Å²) in [6.07, 6.45) is 4.66. The molecule has 1 heterocycles. The van der Waals surface area contributed by atoms with Crippen LogP contribution in [0.5, 0.6) is 0 Å². The molecule has 3 heteroatoms. The molecule has 2 rings (SSSR count). The number of hydrogen-bond acceptors (Lipinski definition) is 3. The molecule has 17 heavy (non-hydrogen) atoms. The third-order valence-electron chi connectivity index (χ3n) is 3.30. The Balaban J connectivity index is 1.85. The Morgan fingerprint density at radius 3 is 3.12 bits per heavy atom. The monoisotopic (exact) mass is 234 g/mol. The van der Waals surface area contributed by atoms with Gasteiger partial charge in [-0.15, -0.1) is 0 Å². The number of fused-ring (bicyclic) bond motifs is 1. The first-order chi connectivity index (χ1) is 8.16. The average Bonchev–Trinajstić information content (AvgIpc) is 2.69. The van der Waals surface area contributed by atoms with Crippen LogP contribution in [0.3, 0.4) is 0 Å². The van der Waals surface area contributed by atoms with Gasteiger partial charge in [0.25, 0.3) is 0 Å². The number of pyridine rings is 1. The first kappa shape index (κ1) is 12.5. The van der Waals surface area contributed by atoms with Gasteiger partial charge in [-0.25, -0.2) is 0 Å². The molecule has 0 bridgehead atoms. The summed E-state index contributed by atoms with van der Waals surface area (Å²) in [5.74, 6) is 0.542. The van der Waals surface area contributed by atoms with Gasteiger partial charge < -0.3 is 10.4 Å². The van der Waals surface area contributed by atoms with Gasteiger partial charge in [0, 0.05) is 12.7 Å². The molecule has 0 radical (unpaired) electrons. The van der Waals surface area contributed by atoms with Crippen LogP contribution in [0.2, 0.25) is 0 Å². The van der Waals surface area contributed by atoms with Crippen molar-refractivity contribution < 1.29 is 5.11 Å². The number of aliphatic hydroxyl groups is 1. The molecule has 2 N–H and O–H groups in total. The lowest BCUT2D eigenvalue weighted by Crippen LogP contribution is -2.30. The number of aliphatic hydroxyl groups excluding tert-OH is 1. The second-order valence-electron chi connectivity index (χ2n) is 5.33. The molecule has 2 atom stereocenters. The Morgan fingerprint density at radius 2 is 2.35 bits per heavy atom. The van der Waals surface area contributed by atoms with E-state index in [1.165, 1.54) is 11.3 Å². The molecule has 0 saturated heterocycles. The molecule has 0 saturated carbocycles. The minimum atomic E-state index is -0.247. The molecular weight excluding hydrogens is 212 g/mol. The largest absolute Gasteiger partial charge is 0.392 e. The molecule has 3 nitrogen and oxygen atoms in total. The summed E-state index contributed by atoms with van der Waals surface area (Å²) >= 11 is 0. The van der Waals surface area contributed by atoms with Crippen molar-refractivity contribution >= 4 is 0 Å². The first-order valence-corrected chi connectivity index (χ1v) is 6.52. The van der Waals surface area contributed by atoms with E-state index in [1.807, 2.05) is 12.3 Å². The molecule has 0 fully saturated rings. The highest BCUT2D eigenvalue weighted by molar-refractivity contribution is 5.27. The summed E-state index contributed by atoms with van der Waals surface area (Å²) in [5, 5.41) is 13.3. The quantitative estimate of drug-likeness (QED) is 0.819. The fourth-order valence-electron chi connectivity index (χ4n) is 2.52. The van der Waals surface area contributed by atoms with Gasteiger partial charge in [0.05, 0.1) is 17.8 Å². The van der Waals surface area contributed by atoms with E-state index in [0.717, 1.165) is 19.3 Å². The summed E-state index contributed by atoms with van der Waals surface area (Å²) in [6.45, 7) is 4.93. The van der Waals surface area contributed by atoms with Crippen LogP contribution < -0.4 is 5.32 Å². The van der Waals surface area contributed by atoms with Crippen LogP contribution in [-0.4, -0.2) is 22.7 Å². The molecule has 1 aromatic heterocycles. The number of aryl methyl sites for hydroxylation is 1. The van der Waals surface area contributed by atoms with Crippen molar-refractivity contribution in [3.8, 4) is 0 Å². The van der Waals surface area contributed by atoms with Gasteiger partial charge in [-0.3, -0.25) is 4.98 Å². The van der Waals surface area contributed by atoms with Crippen molar-refractivity contribution in [3.05, 3.63) is 29.6 Å². The van der Waals surface area contributed by atoms with E-state index in [1.54, 1.807) is 0 Å². The fourth-order valence-corrected chi connectivity index (χ4v) is 2.52. The second kappa shape index (κ2) is 5.61. The van der Waals surface area contributed by atoms with E-state index in [4.69, 9.17) is 0 Å². The van der Waals surface area contributed by atoms with E-state index < -0.39 is 0 Å². The van der Waals surface area contributed by atoms with Crippen LogP contribution in [0.15, 0.2) is 18.3 Å². The molecule has 0 aliphatic heterocycles. The molecule has 0 amide bonds. The van der Waals surface area contributed by atoms with Crippen molar-refractivity contribution in [1.29, 1.82) is 0 Å². The number of hydrogen-bond donors (Lipinski definition) is 2. The molecule has 1 aromatic rings. The van der Waals surface area contributed by atoms with Crippen LogP contribution in [0.25, 0.3) is 0 Å². The smallest absolute Gasteiger partial charge is 0.0667 e. The van der Waals surface area contributed by atoms with Crippen LogP contribution in [-0.2, 0) is 6.42 Å². The van der Waals surface area contributed by atoms with E-state index in [9.17, 15) is 5.11 Å². The maximum absolute atomic E-state index is 9.84. The zero-order valence-electron chi connectivity index (χ0n) is 10.7. The number of rotatable bonds is 5. The molecule has 2 unspecified atom stereocenters. The van der Waals surface area contributed by atoms with Crippen LogP contribution >= 0.6 is 0 Å². The van der Waals surface area contributed by atoms with Crippen LogP contribution in [0.4, 0.5) is 0 Å². The van der Waals surface area contributed by atoms with Gasteiger partial charge in [-0.1, -0.05) is 19.9 Å². The maximum Gasteiger partial charge on any atom is 0.0667 e. The van der Waals surface area contributed by atoms with Gasteiger partial charge in [0.2, 0.25) is 0 Å². The number of nitrogens with one attached hydrogen (secondary N) is 1. The lowest BCUT2D eigenvalue weighted by atomic mass is 10.1. The van der Waals surface area contributed by atoms with Gasteiger partial charge in [0.15, 0.2) is 0 Å². The standard InChI is InChI=1S/C14H22N2O/c1-10(2)8-12(17)9-16-13-6-5-11-4-3-7-15-14(11)13/h3-4,7,10,12-13,16-17H,5-6,8-9H2,1-2H3. The SMILES string of the molecule is CC(C)CC(O)CNC1CCc2cccnc21. The highest BCUT2D eigenvalue weighted by atomic mass is 16.3. The summed E-state index contributed by atoms with van der Waals surface area (Å²) in [6, 6.07) is 4.47. The zero-order chi connectivity index (χ0) is 12.3. The number of nitrogens with zero attached hydrogens (tertiary/aromatic N) is 1.